The van der Waals surface area contributed by atoms with Crippen LogP contribution in [0.1, 0.15) is 22.3 Å². The Morgan fingerprint density at radius 2 is 1.73 bits per heavy atom. The number of benzene rings is 2. The van der Waals surface area contributed by atoms with Crippen molar-refractivity contribution in [3.63, 3.8) is 0 Å². The van der Waals surface area contributed by atoms with Crippen molar-refractivity contribution in [2.75, 3.05) is 38.1 Å². The van der Waals surface area contributed by atoms with Gasteiger partial charge in [-0.15, -0.1) is 0 Å². The van der Waals surface area contributed by atoms with Gasteiger partial charge in [0, 0.05) is 12.0 Å². The van der Waals surface area contributed by atoms with Crippen molar-refractivity contribution in [2.45, 2.75) is 13.3 Å². The molecule has 5 rings (SSSR count). The highest BCUT2D eigenvalue weighted by Crippen LogP contribution is 2.34. The first-order valence-corrected chi connectivity index (χ1v) is 10.6. The average Bonchev–Trinajstić information content (AvgIpc) is 3.15. The molecule has 0 unspecified atom stereocenters. The molecule has 4 aromatic rings. The number of hydrogen-bond donors (Lipinski definition) is 1. The predicted molar refractivity (Wildman–Crippen MR) is 120 cm³/mol. The molecule has 0 amide bonds. The van der Waals surface area contributed by atoms with E-state index in [1.54, 1.807) is 4.90 Å². The minimum Gasteiger partial charge on any atom is -0.346 e. The first-order chi connectivity index (χ1) is 14.7. The van der Waals surface area contributed by atoms with Crippen LogP contribution in [0, 0.1) is 18.3 Å². The van der Waals surface area contributed by atoms with Gasteiger partial charge in [0.05, 0.1) is 49.8 Å². The van der Waals surface area contributed by atoms with E-state index >= 15 is 0 Å². The SMILES string of the molecule is Cc1c(Cc2ccccc2)c(N2CC[NH+](C)CC2)n2c(nc3ccccc32)c1C#N. The molecule has 5 heteroatoms. The number of para-hydroxylation sites is 2. The molecule has 2 aromatic heterocycles. The number of fused-ring (bicyclic) bond motifs is 3. The first kappa shape index (κ1) is 18.7. The highest BCUT2D eigenvalue weighted by Gasteiger charge is 2.27. The molecule has 0 atom stereocenters. The zero-order valence-electron chi connectivity index (χ0n) is 17.5. The molecule has 5 nitrogen and oxygen atoms in total. The van der Waals surface area contributed by atoms with Gasteiger partial charge >= 0.3 is 0 Å². The summed E-state index contributed by atoms with van der Waals surface area (Å²) in [4.78, 5) is 8.94. The fraction of sp³-hybridized carbons (Fsp3) is 0.280. The van der Waals surface area contributed by atoms with Gasteiger partial charge in [-0.05, 0) is 30.2 Å². The number of nitriles is 1. The molecule has 150 valence electrons. The van der Waals surface area contributed by atoms with Gasteiger partial charge in [-0.3, -0.25) is 4.40 Å². The molecule has 2 aromatic carbocycles. The number of piperazine rings is 1. The van der Waals surface area contributed by atoms with Crippen LogP contribution in [0.25, 0.3) is 16.7 Å². The molecule has 1 aliphatic rings. The van der Waals surface area contributed by atoms with E-state index in [-0.39, 0.29) is 0 Å². The van der Waals surface area contributed by atoms with Gasteiger partial charge in [0.1, 0.15) is 11.9 Å². The van der Waals surface area contributed by atoms with Gasteiger partial charge in [-0.1, -0.05) is 42.5 Å². The van der Waals surface area contributed by atoms with Crippen molar-refractivity contribution in [1.82, 2.24) is 9.38 Å². The van der Waals surface area contributed by atoms with Crippen molar-refractivity contribution in [1.29, 1.82) is 5.26 Å². The van der Waals surface area contributed by atoms with Gasteiger partial charge in [0.25, 0.3) is 0 Å². The quantitative estimate of drug-likeness (QED) is 0.579. The molecule has 1 fully saturated rings. The maximum Gasteiger partial charge on any atom is 0.157 e. The summed E-state index contributed by atoms with van der Waals surface area (Å²) < 4.78 is 2.24. The largest absolute Gasteiger partial charge is 0.346 e. The number of nitrogens with zero attached hydrogens (tertiary/aromatic N) is 4. The van der Waals surface area contributed by atoms with Crippen LogP contribution >= 0.6 is 0 Å². The summed E-state index contributed by atoms with van der Waals surface area (Å²) in [5, 5.41) is 10.0. The minimum absolute atomic E-state index is 0.681. The first-order valence-electron chi connectivity index (χ1n) is 10.6. The summed E-state index contributed by atoms with van der Waals surface area (Å²) in [5.41, 5.74) is 6.99. The number of rotatable bonds is 3. The molecule has 30 heavy (non-hydrogen) atoms. The summed E-state index contributed by atoms with van der Waals surface area (Å²) >= 11 is 0. The second kappa shape index (κ2) is 7.47. The molecule has 0 radical (unpaired) electrons. The van der Waals surface area contributed by atoms with E-state index in [2.05, 4.69) is 65.7 Å². The zero-order valence-corrected chi connectivity index (χ0v) is 17.5. The Kier molecular flexibility index (Phi) is 4.65. The maximum absolute atomic E-state index is 10.0. The lowest BCUT2D eigenvalue weighted by Gasteiger charge is -2.34. The Bertz CT molecular complexity index is 1260. The third-order valence-electron chi connectivity index (χ3n) is 6.35. The number of pyridine rings is 1. The van der Waals surface area contributed by atoms with Crippen LogP contribution in [0.3, 0.4) is 0 Å². The van der Waals surface area contributed by atoms with E-state index in [0.29, 0.717) is 5.56 Å². The Hall–Kier alpha value is -3.36. The van der Waals surface area contributed by atoms with Gasteiger partial charge in [0.15, 0.2) is 5.65 Å². The highest BCUT2D eigenvalue weighted by molar-refractivity contribution is 5.86. The summed E-state index contributed by atoms with van der Waals surface area (Å²) in [6.45, 7) is 6.30. The third-order valence-corrected chi connectivity index (χ3v) is 6.35. The number of anilines is 1. The molecule has 3 heterocycles. The summed E-state index contributed by atoms with van der Waals surface area (Å²) in [5.74, 6) is 1.20. The van der Waals surface area contributed by atoms with Gasteiger partial charge in [-0.2, -0.15) is 5.26 Å². The molecule has 1 aliphatic heterocycles. The van der Waals surface area contributed by atoms with E-state index in [9.17, 15) is 5.26 Å². The summed E-state index contributed by atoms with van der Waals surface area (Å²) in [6, 6.07) is 21.2. The van der Waals surface area contributed by atoms with Crippen LogP contribution in [-0.2, 0) is 6.42 Å². The standard InChI is InChI=1S/C25H25N5/c1-18-20(16-19-8-4-3-5-9-19)25(29-14-12-28(2)13-15-29)30-23-11-7-6-10-22(23)27-24(30)21(18)17-26/h3-11H,12-16H2,1-2H3/p+1. The fourth-order valence-electron chi connectivity index (χ4n) is 4.61. The molecular formula is C25H26N5+. The van der Waals surface area contributed by atoms with E-state index in [1.165, 1.54) is 16.9 Å². The topological polar surface area (TPSA) is 48.8 Å². The minimum atomic E-state index is 0.681. The van der Waals surface area contributed by atoms with Crippen LogP contribution < -0.4 is 9.80 Å². The normalized spacial score (nSPS) is 15.0. The molecule has 0 spiro atoms. The van der Waals surface area contributed by atoms with Crippen molar-refractivity contribution in [2.24, 2.45) is 0 Å². The second-order valence-corrected chi connectivity index (χ2v) is 8.28. The highest BCUT2D eigenvalue weighted by atomic mass is 15.3. The van der Waals surface area contributed by atoms with Crippen molar-refractivity contribution >= 4 is 22.5 Å². The van der Waals surface area contributed by atoms with Crippen LogP contribution in [0.2, 0.25) is 0 Å². The second-order valence-electron chi connectivity index (χ2n) is 8.28. The summed E-state index contributed by atoms with van der Waals surface area (Å²) in [6.07, 6.45) is 0.804. The fourth-order valence-corrected chi connectivity index (χ4v) is 4.61. The van der Waals surface area contributed by atoms with E-state index in [0.717, 1.165) is 54.8 Å². The predicted octanol–water partition coefficient (Wildman–Crippen LogP) is 2.59. The average molecular weight is 397 g/mol. The van der Waals surface area contributed by atoms with Crippen LogP contribution in [0.4, 0.5) is 5.82 Å². The van der Waals surface area contributed by atoms with E-state index < -0.39 is 0 Å². The van der Waals surface area contributed by atoms with Gasteiger partial charge in [-0.25, -0.2) is 4.98 Å². The van der Waals surface area contributed by atoms with Crippen molar-refractivity contribution in [3.05, 3.63) is 76.9 Å². The van der Waals surface area contributed by atoms with E-state index in [1.807, 2.05) is 18.2 Å². The lowest BCUT2D eigenvalue weighted by atomic mass is 9.97. The molecular weight excluding hydrogens is 370 g/mol. The van der Waals surface area contributed by atoms with Gasteiger partial charge in [0.2, 0.25) is 0 Å². The van der Waals surface area contributed by atoms with Crippen molar-refractivity contribution in [3.8, 4) is 6.07 Å². The van der Waals surface area contributed by atoms with Crippen LogP contribution in [-0.4, -0.2) is 42.6 Å². The number of quaternary nitrogens is 1. The monoisotopic (exact) mass is 396 g/mol. The number of imidazole rings is 1. The molecule has 1 saturated heterocycles. The van der Waals surface area contributed by atoms with Crippen LogP contribution in [0.5, 0.6) is 0 Å². The Labute approximate surface area is 176 Å². The smallest absolute Gasteiger partial charge is 0.157 e. The lowest BCUT2D eigenvalue weighted by molar-refractivity contribution is -0.880. The Balaban J connectivity index is 1.84. The Morgan fingerprint density at radius 3 is 2.47 bits per heavy atom. The molecule has 0 aliphatic carbocycles. The van der Waals surface area contributed by atoms with Crippen LogP contribution in [0.15, 0.2) is 54.6 Å². The van der Waals surface area contributed by atoms with Gasteiger partial charge < -0.3 is 9.80 Å². The Morgan fingerprint density at radius 1 is 1.03 bits per heavy atom. The third kappa shape index (κ3) is 3.01. The molecule has 1 N–H and O–H groups in total. The van der Waals surface area contributed by atoms with Crippen molar-refractivity contribution < 1.29 is 4.90 Å². The molecule has 0 bridgehead atoms. The molecule has 0 saturated carbocycles. The number of hydrogen-bond acceptors (Lipinski definition) is 3. The van der Waals surface area contributed by atoms with E-state index in [4.69, 9.17) is 4.98 Å². The lowest BCUT2D eigenvalue weighted by Crippen LogP contribution is -3.12. The maximum atomic E-state index is 10.0. The summed E-state index contributed by atoms with van der Waals surface area (Å²) in [7, 11) is 2.26. The zero-order chi connectivity index (χ0) is 20.7. The number of aromatic nitrogens is 2. The number of nitrogens with one attached hydrogen (secondary N) is 1. The number of likely N-dealkylation sites (N-methyl/N-ethyl adjacent to an activating group) is 1.